The standard InChI is InChI=1S/C15H21NO5/c1-9(17)15(2)8-16(14(19)20)7-11(15)10-4-5-13(21-3)12(18)6-10/h4-6,9,11,17-18H,7-8H2,1-3H3,(H,19,20)/p-1. The number of phenols is 1. The Morgan fingerprint density at radius 1 is 1.57 bits per heavy atom. The van der Waals surface area contributed by atoms with Gasteiger partial charge in [-0.2, -0.15) is 0 Å². The van der Waals surface area contributed by atoms with E-state index in [1.54, 1.807) is 25.1 Å². The summed E-state index contributed by atoms with van der Waals surface area (Å²) in [6.45, 7) is 3.92. The molecule has 1 saturated heterocycles. The van der Waals surface area contributed by atoms with Crippen molar-refractivity contribution in [2.24, 2.45) is 5.41 Å². The molecule has 1 heterocycles. The highest BCUT2D eigenvalue weighted by molar-refractivity contribution is 5.63. The van der Waals surface area contributed by atoms with E-state index in [4.69, 9.17) is 4.74 Å². The van der Waals surface area contributed by atoms with Gasteiger partial charge in [-0.15, -0.1) is 0 Å². The number of rotatable bonds is 3. The third kappa shape index (κ3) is 2.63. The molecule has 3 unspecified atom stereocenters. The first kappa shape index (κ1) is 15.4. The van der Waals surface area contributed by atoms with Crippen molar-refractivity contribution in [3.8, 4) is 11.5 Å². The molecule has 0 spiro atoms. The molecular weight excluding hydrogens is 274 g/mol. The molecule has 1 aliphatic rings. The third-order valence-corrected chi connectivity index (χ3v) is 4.55. The van der Waals surface area contributed by atoms with Gasteiger partial charge in [0.15, 0.2) is 11.5 Å². The van der Waals surface area contributed by atoms with E-state index in [-0.39, 0.29) is 24.8 Å². The zero-order chi connectivity index (χ0) is 15.8. The van der Waals surface area contributed by atoms with Crippen molar-refractivity contribution in [1.29, 1.82) is 0 Å². The number of nitrogens with zero attached hydrogens (tertiary/aromatic N) is 1. The summed E-state index contributed by atoms with van der Waals surface area (Å²) < 4.78 is 5.01. The summed E-state index contributed by atoms with van der Waals surface area (Å²) >= 11 is 0. The summed E-state index contributed by atoms with van der Waals surface area (Å²) in [6, 6.07) is 4.97. The van der Waals surface area contributed by atoms with Crippen LogP contribution in [0.5, 0.6) is 11.5 Å². The first-order chi connectivity index (χ1) is 9.79. The highest BCUT2D eigenvalue weighted by atomic mass is 16.5. The zero-order valence-corrected chi connectivity index (χ0v) is 12.4. The summed E-state index contributed by atoms with van der Waals surface area (Å²) in [6.07, 6.45) is -1.95. The zero-order valence-electron chi connectivity index (χ0n) is 12.4. The van der Waals surface area contributed by atoms with Crippen molar-refractivity contribution in [2.75, 3.05) is 20.2 Å². The number of hydrogen-bond donors (Lipinski definition) is 2. The topological polar surface area (TPSA) is 93.1 Å². The second-order valence-corrected chi connectivity index (χ2v) is 5.81. The average molecular weight is 294 g/mol. The van der Waals surface area contributed by atoms with Crippen LogP contribution in [0.3, 0.4) is 0 Å². The second-order valence-electron chi connectivity index (χ2n) is 5.81. The fraction of sp³-hybridized carbons (Fsp3) is 0.533. The van der Waals surface area contributed by atoms with Crippen LogP contribution in [0, 0.1) is 5.41 Å². The fourth-order valence-corrected chi connectivity index (χ4v) is 2.99. The molecule has 0 radical (unpaired) electrons. The Labute approximate surface area is 123 Å². The van der Waals surface area contributed by atoms with Crippen molar-refractivity contribution in [1.82, 2.24) is 4.90 Å². The number of methoxy groups -OCH3 is 1. The number of carbonyl (C=O) groups excluding carboxylic acids is 1. The predicted molar refractivity (Wildman–Crippen MR) is 74.2 cm³/mol. The highest BCUT2D eigenvalue weighted by Gasteiger charge is 2.47. The molecule has 0 saturated carbocycles. The molecule has 116 valence electrons. The van der Waals surface area contributed by atoms with Gasteiger partial charge >= 0.3 is 0 Å². The monoisotopic (exact) mass is 294 g/mol. The molecule has 1 aromatic rings. The minimum absolute atomic E-state index is 0.00478. The number of phenolic OH excluding ortho intramolecular Hbond substituents is 1. The lowest BCUT2D eigenvalue weighted by Crippen LogP contribution is -2.42. The van der Waals surface area contributed by atoms with Crippen molar-refractivity contribution < 1.29 is 24.9 Å². The van der Waals surface area contributed by atoms with Gasteiger partial charge in [-0.1, -0.05) is 13.0 Å². The van der Waals surface area contributed by atoms with Crippen molar-refractivity contribution in [3.63, 3.8) is 0 Å². The van der Waals surface area contributed by atoms with E-state index >= 15 is 0 Å². The smallest absolute Gasteiger partial charge is 0.160 e. The molecule has 6 heteroatoms. The van der Waals surface area contributed by atoms with Crippen LogP contribution in [-0.2, 0) is 0 Å². The van der Waals surface area contributed by atoms with Crippen LogP contribution >= 0.6 is 0 Å². The number of amides is 1. The molecular formula is C15H20NO5-. The molecule has 1 fully saturated rings. The number of hydrogen-bond acceptors (Lipinski definition) is 5. The van der Waals surface area contributed by atoms with Crippen molar-refractivity contribution in [2.45, 2.75) is 25.9 Å². The molecule has 2 rings (SSSR count). The first-order valence-electron chi connectivity index (χ1n) is 6.80. The Kier molecular flexibility index (Phi) is 4.00. The Balaban J connectivity index is 2.40. The lowest BCUT2D eigenvalue weighted by molar-refractivity contribution is -0.264. The SMILES string of the molecule is COc1ccc(C2CN(C(=O)[O-])CC2(C)C(C)O)cc1O. The van der Waals surface area contributed by atoms with E-state index in [1.807, 2.05) is 6.92 Å². The van der Waals surface area contributed by atoms with Gasteiger partial charge in [0.25, 0.3) is 0 Å². The maximum Gasteiger partial charge on any atom is 0.160 e. The fourth-order valence-electron chi connectivity index (χ4n) is 2.99. The number of aromatic hydroxyl groups is 1. The van der Waals surface area contributed by atoms with Gasteiger partial charge in [-0.05, 0) is 24.6 Å². The molecule has 0 aromatic heterocycles. The number of carbonyl (C=O) groups is 1. The first-order valence-corrected chi connectivity index (χ1v) is 6.80. The maximum atomic E-state index is 11.1. The summed E-state index contributed by atoms with van der Waals surface area (Å²) in [4.78, 5) is 12.3. The maximum absolute atomic E-state index is 11.1. The number of carboxylic acid groups (broad SMARTS) is 1. The third-order valence-electron chi connectivity index (χ3n) is 4.55. The van der Waals surface area contributed by atoms with Gasteiger partial charge in [0, 0.05) is 24.4 Å². The van der Waals surface area contributed by atoms with Crippen LogP contribution in [0.25, 0.3) is 0 Å². The van der Waals surface area contributed by atoms with Crippen molar-refractivity contribution >= 4 is 6.09 Å². The summed E-state index contributed by atoms with van der Waals surface area (Å²) in [5.41, 5.74) is 0.127. The van der Waals surface area contributed by atoms with Gasteiger partial charge in [-0.3, -0.25) is 0 Å². The van der Waals surface area contributed by atoms with Gasteiger partial charge in [0.1, 0.15) is 6.09 Å². The summed E-state index contributed by atoms with van der Waals surface area (Å²) in [7, 11) is 1.46. The number of likely N-dealkylation sites (tertiary alicyclic amines) is 1. The minimum Gasteiger partial charge on any atom is -0.530 e. The van der Waals surface area contributed by atoms with E-state index in [9.17, 15) is 20.1 Å². The van der Waals surface area contributed by atoms with Gasteiger partial charge < -0.3 is 29.8 Å². The number of ether oxygens (including phenoxy) is 1. The molecule has 1 aromatic carbocycles. The molecule has 1 aliphatic heterocycles. The normalized spacial score (nSPS) is 26.7. The predicted octanol–water partition coefficient (Wildman–Crippen LogP) is 0.530. The van der Waals surface area contributed by atoms with Gasteiger partial charge in [0.05, 0.1) is 13.2 Å². The van der Waals surface area contributed by atoms with Crippen molar-refractivity contribution in [3.05, 3.63) is 23.8 Å². The van der Waals surface area contributed by atoms with Crippen LogP contribution < -0.4 is 9.84 Å². The number of benzene rings is 1. The van der Waals surface area contributed by atoms with E-state index in [0.29, 0.717) is 5.75 Å². The highest BCUT2D eigenvalue weighted by Crippen LogP contribution is 2.46. The Bertz CT molecular complexity index is 545. The largest absolute Gasteiger partial charge is 0.530 e. The molecule has 2 N–H and O–H groups in total. The second kappa shape index (κ2) is 5.44. The van der Waals surface area contributed by atoms with Gasteiger partial charge in [0.2, 0.25) is 0 Å². The van der Waals surface area contributed by atoms with Gasteiger partial charge in [-0.25, -0.2) is 0 Å². The average Bonchev–Trinajstić information content (AvgIpc) is 2.78. The Morgan fingerprint density at radius 3 is 2.71 bits per heavy atom. The molecule has 6 nitrogen and oxygen atoms in total. The molecule has 21 heavy (non-hydrogen) atoms. The molecule has 0 bridgehead atoms. The van der Waals surface area contributed by atoms with Crippen LogP contribution in [0.1, 0.15) is 25.3 Å². The summed E-state index contributed by atoms with van der Waals surface area (Å²) in [5, 5.41) is 31.1. The van der Waals surface area contributed by atoms with Crippen LogP contribution in [0.4, 0.5) is 4.79 Å². The van der Waals surface area contributed by atoms with E-state index < -0.39 is 17.6 Å². The minimum atomic E-state index is -1.25. The van der Waals surface area contributed by atoms with E-state index in [2.05, 4.69) is 0 Å². The Hall–Kier alpha value is -1.95. The molecule has 1 amide bonds. The van der Waals surface area contributed by atoms with E-state index in [0.717, 1.165) is 5.56 Å². The number of aliphatic hydroxyl groups excluding tert-OH is 1. The van der Waals surface area contributed by atoms with E-state index in [1.165, 1.54) is 12.0 Å². The van der Waals surface area contributed by atoms with Crippen LogP contribution in [-0.4, -0.2) is 47.5 Å². The molecule has 3 atom stereocenters. The lowest BCUT2D eigenvalue weighted by atomic mass is 9.72. The lowest BCUT2D eigenvalue weighted by Gasteiger charge is -2.33. The molecule has 0 aliphatic carbocycles. The Morgan fingerprint density at radius 2 is 2.24 bits per heavy atom. The van der Waals surface area contributed by atoms with Crippen LogP contribution in [0.15, 0.2) is 18.2 Å². The van der Waals surface area contributed by atoms with Crippen LogP contribution in [0.2, 0.25) is 0 Å². The quantitative estimate of drug-likeness (QED) is 0.848. The summed E-state index contributed by atoms with van der Waals surface area (Å²) in [5.74, 6) is 0.120. The number of aliphatic hydroxyl groups is 1.